The second-order valence-electron chi connectivity index (χ2n) is 5.20. The average molecular weight is 333 g/mol. The lowest BCUT2D eigenvalue weighted by Gasteiger charge is -2.26. The Kier molecular flexibility index (Phi) is 7.46. The first-order valence-corrected chi connectivity index (χ1v) is 7.66. The fourth-order valence-electron chi connectivity index (χ4n) is 2.00. The van der Waals surface area contributed by atoms with Gasteiger partial charge in [0.1, 0.15) is 0 Å². The molecule has 21 heavy (non-hydrogen) atoms. The molecule has 6 heteroatoms. The number of benzene rings is 1. The van der Waals surface area contributed by atoms with Gasteiger partial charge in [0.05, 0.1) is 12.6 Å². The van der Waals surface area contributed by atoms with Crippen molar-refractivity contribution in [2.75, 3.05) is 33.7 Å². The number of likely N-dealkylation sites (N-methyl/N-ethyl adjacent to an activating group) is 1. The molecule has 1 aromatic rings. The van der Waals surface area contributed by atoms with Crippen molar-refractivity contribution in [3.8, 4) is 0 Å². The molecule has 0 heterocycles. The summed E-state index contributed by atoms with van der Waals surface area (Å²) in [6.07, 6.45) is 0.151. The summed E-state index contributed by atoms with van der Waals surface area (Å²) in [5.41, 5.74) is 0.625. The quantitative estimate of drug-likeness (QED) is 0.834. The number of aliphatic hydroxyl groups excluding tert-OH is 1. The molecule has 4 nitrogen and oxygen atoms in total. The number of aliphatic hydroxyl groups is 1. The lowest BCUT2D eigenvalue weighted by atomic mass is 10.1. The molecule has 0 aliphatic carbocycles. The van der Waals surface area contributed by atoms with Crippen LogP contribution in [0.2, 0.25) is 10.0 Å². The van der Waals surface area contributed by atoms with Gasteiger partial charge in [-0.15, -0.1) is 0 Å². The smallest absolute Gasteiger partial charge is 0.236 e. The summed E-state index contributed by atoms with van der Waals surface area (Å²) in [4.78, 5) is 15.3. The van der Waals surface area contributed by atoms with E-state index in [1.807, 2.05) is 11.8 Å². The van der Waals surface area contributed by atoms with Crippen LogP contribution in [-0.4, -0.2) is 54.5 Å². The summed E-state index contributed by atoms with van der Waals surface area (Å²) in [6.45, 7) is 3.41. The number of carbonyl (C=O) groups excluding carboxylic acids is 1. The van der Waals surface area contributed by atoms with E-state index < -0.39 is 6.10 Å². The van der Waals surface area contributed by atoms with Crippen molar-refractivity contribution in [2.24, 2.45) is 0 Å². The van der Waals surface area contributed by atoms with Crippen LogP contribution in [0.4, 0.5) is 0 Å². The Morgan fingerprint density at radius 1 is 1.33 bits per heavy atom. The SMILES string of the molecule is CCCN(CC(=O)N(C)C)CC(O)c1ccc(Cl)cc1Cl. The largest absolute Gasteiger partial charge is 0.387 e. The average Bonchev–Trinajstić information content (AvgIpc) is 2.38. The number of halogens is 2. The first kappa shape index (κ1) is 18.2. The fourth-order valence-corrected chi connectivity index (χ4v) is 2.53. The molecule has 1 unspecified atom stereocenters. The number of carbonyl (C=O) groups is 1. The predicted molar refractivity (Wildman–Crippen MR) is 86.8 cm³/mol. The molecule has 0 bridgehead atoms. The van der Waals surface area contributed by atoms with E-state index in [1.54, 1.807) is 37.2 Å². The molecule has 0 aliphatic rings. The third-order valence-corrected chi connectivity index (χ3v) is 3.71. The highest BCUT2D eigenvalue weighted by atomic mass is 35.5. The molecule has 0 saturated carbocycles. The molecule has 0 fully saturated rings. The highest BCUT2D eigenvalue weighted by Crippen LogP contribution is 2.26. The summed E-state index contributed by atoms with van der Waals surface area (Å²) >= 11 is 12.0. The Balaban J connectivity index is 2.75. The maximum absolute atomic E-state index is 11.8. The predicted octanol–water partition coefficient (Wildman–Crippen LogP) is 2.83. The van der Waals surface area contributed by atoms with Gasteiger partial charge in [0.2, 0.25) is 5.91 Å². The van der Waals surface area contributed by atoms with E-state index in [1.165, 1.54) is 0 Å². The van der Waals surface area contributed by atoms with Crippen LogP contribution in [-0.2, 0) is 4.79 Å². The van der Waals surface area contributed by atoms with Gasteiger partial charge < -0.3 is 10.0 Å². The fraction of sp³-hybridized carbons (Fsp3) is 0.533. The van der Waals surface area contributed by atoms with Crippen LogP contribution in [0.25, 0.3) is 0 Å². The Hall–Kier alpha value is -0.810. The molecule has 1 atom stereocenters. The Morgan fingerprint density at radius 2 is 2.00 bits per heavy atom. The van der Waals surface area contributed by atoms with Gasteiger partial charge >= 0.3 is 0 Å². The number of hydrogen-bond acceptors (Lipinski definition) is 3. The molecule has 0 aromatic heterocycles. The molecular formula is C15H22Cl2N2O2. The van der Waals surface area contributed by atoms with Gasteiger partial charge in [-0.3, -0.25) is 9.69 Å². The van der Waals surface area contributed by atoms with Gasteiger partial charge in [0.15, 0.2) is 0 Å². The van der Waals surface area contributed by atoms with E-state index in [9.17, 15) is 9.90 Å². The van der Waals surface area contributed by atoms with Crippen LogP contribution >= 0.6 is 23.2 Å². The van der Waals surface area contributed by atoms with E-state index in [4.69, 9.17) is 23.2 Å². The van der Waals surface area contributed by atoms with Gasteiger partial charge in [-0.2, -0.15) is 0 Å². The van der Waals surface area contributed by atoms with Crippen LogP contribution in [0.3, 0.4) is 0 Å². The Labute approximate surface area is 136 Å². The molecule has 1 rings (SSSR count). The summed E-state index contributed by atoms with van der Waals surface area (Å²) < 4.78 is 0. The highest BCUT2D eigenvalue weighted by molar-refractivity contribution is 6.35. The second-order valence-corrected chi connectivity index (χ2v) is 6.05. The van der Waals surface area contributed by atoms with Crippen molar-refractivity contribution in [1.29, 1.82) is 0 Å². The first-order valence-electron chi connectivity index (χ1n) is 6.90. The van der Waals surface area contributed by atoms with Crippen LogP contribution in [0, 0.1) is 0 Å². The van der Waals surface area contributed by atoms with Crippen molar-refractivity contribution in [1.82, 2.24) is 9.80 Å². The van der Waals surface area contributed by atoms with Crippen molar-refractivity contribution in [3.63, 3.8) is 0 Å². The zero-order chi connectivity index (χ0) is 16.0. The van der Waals surface area contributed by atoms with E-state index in [0.29, 0.717) is 22.2 Å². The Bertz CT molecular complexity index is 481. The molecule has 1 N–H and O–H groups in total. The maximum Gasteiger partial charge on any atom is 0.236 e. The number of hydrogen-bond donors (Lipinski definition) is 1. The van der Waals surface area contributed by atoms with Crippen molar-refractivity contribution >= 4 is 29.1 Å². The minimum Gasteiger partial charge on any atom is -0.387 e. The molecule has 0 radical (unpaired) electrons. The first-order chi connectivity index (χ1) is 9.85. The van der Waals surface area contributed by atoms with Crippen molar-refractivity contribution in [2.45, 2.75) is 19.4 Å². The molecule has 1 aromatic carbocycles. The molecule has 0 aliphatic heterocycles. The van der Waals surface area contributed by atoms with Gasteiger partial charge in [0, 0.05) is 36.2 Å². The molecule has 1 amide bonds. The highest BCUT2D eigenvalue weighted by Gasteiger charge is 2.18. The van der Waals surface area contributed by atoms with Crippen LogP contribution < -0.4 is 0 Å². The molecule has 0 spiro atoms. The minimum atomic E-state index is -0.753. The van der Waals surface area contributed by atoms with Gasteiger partial charge in [-0.25, -0.2) is 0 Å². The molecular weight excluding hydrogens is 311 g/mol. The lowest BCUT2D eigenvalue weighted by Crippen LogP contribution is -2.39. The van der Waals surface area contributed by atoms with Crippen LogP contribution in [0.15, 0.2) is 18.2 Å². The molecule has 0 saturated heterocycles. The zero-order valence-electron chi connectivity index (χ0n) is 12.6. The van der Waals surface area contributed by atoms with E-state index in [0.717, 1.165) is 13.0 Å². The van der Waals surface area contributed by atoms with E-state index >= 15 is 0 Å². The van der Waals surface area contributed by atoms with Gasteiger partial charge in [0.25, 0.3) is 0 Å². The number of rotatable bonds is 7. The minimum absolute atomic E-state index is 0.0119. The van der Waals surface area contributed by atoms with Crippen molar-refractivity contribution in [3.05, 3.63) is 33.8 Å². The molecule has 118 valence electrons. The van der Waals surface area contributed by atoms with E-state index in [2.05, 4.69) is 0 Å². The van der Waals surface area contributed by atoms with E-state index in [-0.39, 0.29) is 12.5 Å². The monoisotopic (exact) mass is 332 g/mol. The van der Waals surface area contributed by atoms with Gasteiger partial charge in [-0.05, 0) is 25.1 Å². The third-order valence-electron chi connectivity index (χ3n) is 3.15. The van der Waals surface area contributed by atoms with Crippen LogP contribution in [0.1, 0.15) is 25.0 Å². The van der Waals surface area contributed by atoms with Gasteiger partial charge in [-0.1, -0.05) is 36.2 Å². The summed E-state index contributed by atoms with van der Waals surface area (Å²) in [5.74, 6) is 0.0119. The van der Waals surface area contributed by atoms with Crippen molar-refractivity contribution < 1.29 is 9.90 Å². The lowest BCUT2D eigenvalue weighted by molar-refractivity contribution is -0.130. The third kappa shape index (κ3) is 5.83. The number of nitrogens with zero attached hydrogens (tertiary/aromatic N) is 2. The summed E-state index contributed by atoms with van der Waals surface area (Å²) in [7, 11) is 3.44. The zero-order valence-corrected chi connectivity index (χ0v) is 14.2. The second kappa shape index (κ2) is 8.59. The normalized spacial score (nSPS) is 12.5. The Morgan fingerprint density at radius 3 is 2.52 bits per heavy atom. The van der Waals surface area contributed by atoms with Crippen LogP contribution in [0.5, 0.6) is 0 Å². The topological polar surface area (TPSA) is 43.8 Å². The summed E-state index contributed by atoms with van der Waals surface area (Å²) in [6, 6.07) is 5.02. The number of amides is 1. The summed E-state index contributed by atoms with van der Waals surface area (Å²) in [5, 5.41) is 11.3. The maximum atomic E-state index is 11.8. The standard InChI is InChI=1S/C15H22Cl2N2O2/c1-4-7-19(10-15(21)18(2)3)9-14(20)12-6-5-11(16)8-13(12)17/h5-6,8,14,20H,4,7,9-10H2,1-3H3.